The van der Waals surface area contributed by atoms with Gasteiger partial charge in [-0.3, -0.25) is 9.69 Å². The Labute approximate surface area is 179 Å². The molecule has 0 bridgehead atoms. The molecule has 0 saturated carbocycles. The third kappa shape index (κ3) is 4.33. The Kier molecular flexibility index (Phi) is 5.91. The summed E-state index contributed by atoms with van der Waals surface area (Å²) in [5.74, 6) is 0.990. The highest BCUT2D eigenvalue weighted by molar-refractivity contribution is 5.91. The summed E-state index contributed by atoms with van der Waals surface area (Å²) in [7, 11) is 0. The minimum absolute atomic E-state index is 0.00386. The molecule has 2 aliphatic heterocycles. The fourth-order valence-corrected chi connectivity index (χ4v) is 5.44. The molecular weight excluding hydrogens is 376 g/mol. The molecule has 3 aliphatic rings. The Bertz CT molecular complexity index is 811. The lowest BCUT2D eigenvalue weighted by atomic mass is 9.94. The minimum atomic E-state index is 0.00386. The molecule has 5 nitrogen and oxygen atoms in total. The van der Waals surface area contributed by atoms with Crippen molar-refractivity contribution in [2.24, 2.45) is 5.92 Å². The van der Waals surface area contributed by atoms with Gasteiger partial charge in [-0.1, -0.05) is 24.3 Å². The fraction of sp³-hybridized carbons (Fsp3) is 0.560. The first-order chi connectivity index (χ1) is 14.8. The molecule has 1 unspecified atom stereocenters. The van der Waals surface area contributed by atoms with Crippen LogP contribution >= 0.6 is 0 Å². The van der Waals surface area contributed by atoms with Crippen LogP contribution in [0, 0.1) is 5.92 Å². The SMILES string of the molecule is O=C(c1ccco1)N(CC1CCN(C2Cc3ccccc3C2)CC1)CC1CCCO1. The van der Waals surface area contributed by atoms with Gasteiger partial charge in [0.1, 0.15) is 0 Å². The lowest BCUT2D eigenvalue weighted by molar-refractivity contribution is 0.0408. The first-order valence-electron chi connectivity index (χ1n) is 11.5. The molecule has 0 radical (unpaired) electrons. The molecule has 5 rings (SSSR count). The number of hydrogen-bond donors (Lipinski definition) is 0. The maximum Gasteiger partial charge on any atom is 0.289 e. The van der Waals surface area contributed by atoms with Crippen LogP contribution in [-0.2, 0) is 17.6 Å². The van der Waals surface area contributed by atoms with E-state index in [0.29, 0.717) is 24.3 Å². The number of nitrogens with zero attached hydrogens (tertiary/aromatic N) is 2. The molecule has 2 aromatic rings. The van der Waals surface area contributed by atoms with Gasteiger partial charge in [0.25, 0.3) is 5.91 Å². The fourth-order valence-electron chi connectivity index (χ4n) is 5.44. The maximum atomic E-state index is 13.0. The molecule has 0 spiro atoms. The van der Waals surface area contributed by atoms with Crippen molar-refractivity contribution >= 4 is 5.91 Å². The van der Waals surface area contributed by atoms with Gasteiger partial charge in [-0.05, 0) is 80.8 Å². The van der Waals surface area contributed by atoms with Crippen molar-refractivity contribution in [3.63, 3.8) is 0 Å². The predicted molar refractivity (Wildman–Crippen MR) is 116 cm³/mol. The summed E-state index contributed by atoms with van der Waals surface area (Å²) in [4.78, 5) is 17.7. The Morgan fingerprint density at radius 3 is 2.40 bits per heavy atom. The van der Waals surface area contributed by atoms with E-state index < -0.39 is 0 Å². The Hall–Kier alpha value is -2.11. The van der Waals surface area contributed by atoms with Gasteiger partial charge >= 0.3 is 0 Å². The second-order valence-corrected chi connectivity index (χ2v) is 9.13. The zero-order valence-corrected chi connectivity index (χ0v) is 17.7. The highest BCUT2D eigenvalue weighted by atomic mass is 16.5. The van der Waals surface area contributed by atoms with Gasteiger partial charge in [-0.2, -0.15) is 0 Å². The van der Waals surface area contributed by atoms with Gasteiger partial charge in [0, 0.05) is 25.7 Å². The van der Waals surface area contributed by atoms with Crippen LogP contribution in [0.4, 0.5) is 0 Å². The smallest absolute Gasteiger partial charge is 0.289 e. The zero-order chi connectivity index (χ0) is 20.3. The van der Waals surface area contributed by atoms with Crippen molar-refractivity contribution in [1.29, 1.82) is 0 Å². The van der Waals surface area contributed by atoms with Gasteiger partial charge in [0.15, 0.2) is 5.76 Å². The summed E-state index contributed by atoms with van der Waals surface area (Å²) in [6.45, 7) is 4.56. The van der Waals surface area contributed by atoms with Crippen LogP contribution in [0.25, 0.3) is 0 Å². The van der Waals surface area contributed by atoms with Crippen LogP contribution < -0.4 is 0 Å². The highest BCUT2D eigenvalue weighted by Crippen LogP contribution is 2.29. The van der Waals surface area contributed by atoms with Crippen LogP contribution in [-0.4, -0.2) is 60.6 Å². The van der Waals surface area contributed by atoms with E-state index in [-0.39, 0.29) is 12.0 Å². The van der Waals surface area contributed by atoms with Crippen LogP contribution in [0.3, 0.4) is 0 Å². The monoisotopic (exact) mass is 408 g/mol. The van der Waals surface area contributed by atoms with Crippen molar-refractivity contribution in [1.82, 2.24) is 9.80 Å². The number of carbonyl (C=O) groups excluding carboxylic acids is 1. The second-order valence-electron chi connectivity index (χ2n) is 9.13. The predicted octanol–water partition coefficient (Wildman–Crippen LogP) is 3.78. The van der Waals surface area contributed by atoms with E-state index >= 15 is 0 Å². The first-order valence-corrected chi connectivity index (χ1v) is 11.5. The van der Waals surface area contributed by atoms with Gasteiger partial charge in [-0.25, -0.2) is 0 Å². The van der Waals surface area contributed by atoms with Crippen molar-refractivity contribution in [3.8, 4) is 0 Å². The number of rotatable bonds is 6. The summed E-state index contributed by atoms with van der Waals surface area (Å²) in [6, 6.07) is 13.1. The normalized spacial score (nSPS) is 23.0. The van der Waals surface area contributed by atoms with E-state index in [4.69, 9.17) is 9.15 Å². The summed E-state index contributed by atoms with van der Waals surface area (Å²) < 4.78 is 11.2. The summed E-state index contributed by atoms with van der Waals surface area (Å²) in [5, 5.41) is 0. The molecule has 2 fully saturated rings. The summed E-state index contributed by atoms with van der Waals surface area (Å²) in [5.41, 5.74) is 3.05. The van der Waals surface area contributed by atoms with E-state index in [9.17, 15) is 4.79 Å². The molecule has 2 saturated heterocycles. The van der Waals surface area contributed by atoms with Crippen LogP contribution in [0.2, 0.25) is 0 Å². The number of likely N-dealkylation sites (tertiary alicyclic amines) is 1. The van der Waals surface area contributed by atoms with Crippen molar-refractivity contribution in [2.45, 2.75) is 50.7 Å². The number of hydrogen-bond acceptors (Lipinski definition) is 4. The molecule has 1 aliphatic carbocycles. The molecule has 1 aromatic heterocycles. The second kappa shape index (κ2) is 8.94. The number of carbonyl (C=O) groups is 1. The van der Waals surface area contributed by atoms with Crippen molar-refractivity contribution in [3.05, 3.63) is 59.5 Å². The van der Waals surface area contributed by atoms with Crippen LogP contribution in [0.5, 0.6) is 0 Å². The molecule has 160 valence electrons. The van der Waals surface area contributed by atoms with E-state index in [1.807, 2.05) is 4.90 Å². The Morgan fingerprint density at radius 1 is 1.00 bits per heavy atom. The highest BCUT2D eigenvalue weighted by Gasteiger charge is 2.32. The number of amides is 1. The van der Waals surface area contributed by atoms with Gasteiger partial charge in [-0.15, -0.1) is 0 Å². The molecule has 0 N–H and O–H groups in total. The van der Waals surface area contributed by atoms with Crippen LogP contribution in [0.15, 0.2) is 47.1 Å². The van der Waals surface area contributed by atoms with Crippen molar-refractivity contribution in [2.75, 3.05) is 32.8 Å². The quantitative estimate of drug-likeness (QED) is 0.730. The molecule has 1 atom stereocenters. The van der Waals surface area contributed by atoms with Crippen LogP contribution in [0.1, 0.15) is 47.4 Å². The Morgan fingerprint density at radius 2 is 1.77 bits per heavy atom. The Balaban J connectivity index is 1.17. The van der Waals surface area contributed by atoms with E-state index in [2.05, 4.69) is 29.2 Å². The standard InChI is InChI=1S/C25H32N2O3/c28-25(24-8-4-14-30-24)27(18-23-7-3-13-29-23)17-19-9-11-26(12-10-19)22-15-20-5-1-2-6-21(20)16-22/h1-2,4-6,8,14,19,22-23H,3,7,9-13,15-18H2. The number of furan rings is 1. The van der Waals surface area contributed by atoms with E-state index in [0.717, 1.165) is 51.9 Å². The van der Waals surface area contributed by atoms with E-state index in [1.54, 1.807) is 18.4 Å². The summed E-state index contributed by atoms with van der Waals surface area (Å²) in [6.07, 6.45) is 8.56. The number of fused-ring (bicyclic) bond motifs is 1. The lowest BCUT2D eigenvalue weighted by Crippen LogP contribution is -2.46. The third-order valence-corrected chi connectivity index (χ3v) is 7.14. The molecule has 30 heavy (non-hydrogen) atoms. The topological polar surface area (TPSA) is 45.9 Å². The van der Waals surface area contributed by atoms with Gasteiger partial charge in [0.2, 0.25) is 0 Å². The molecule has 3 heterocycles. The first kappa shape index (κ1) is 19.8. The molecular formula is C25H32N2O3. The lowest BCUT2D eigenvalue weighted by Gasteiger charge is -2.38. The number of piperidine rings is 1. The number of benzene rings is 1. The number of ether oxygens (including phenoxy) is 1. The van der Waals surface area contributed by atoms with Gasteiger partial charge < -0.3 is 14.1 Å². The zero-order valence-electron chi connectivity index (χ0n) is 17.7. The molecule has 1 aromatic carbocycles. The largest absolute Gasteiger partial charge is 0.459 e. The third-order valence-electron chi connectivity index (χ3n) is 7.14. The average Bonchev–Trinajstić information content (AvgIpc) is 3.54. The minimum Gasteiger partial charge on any atom is -0.459 e. The average molecular weight is 409 g/mol. The van der Waals surface area contributed by atoms with Gasteiger partial charge in [0.05, 0.1) is 12.4 Å². The molecule has 5 heteroatoms. The van der Waals surface area contributed by atoms with E-state index in [1.165, 1.54) is 24.0 Å². The molecule has 1 amide bonds. The maximum absolute atomic E-state index is 13.0. The summed E-state index contributed by atoms with van der Waals surface area (Å²) >= 11 is 0. The van der Waals surface area contributed by atoms with Crippen molar-refractivity contribution < 1.29 is 13.9 Å².